The third kappa shape index (κ3) is 4.56. The molecule has 2 aromatic carbocycles. The lowest BCUT2D eigenvalue weighted by Gasteiger charge is -2.29. The van der Waals surface area contributed by atoms with Crippen molar-refractivity contribution in [3.05, 3.63) is 60.7 Å². The third-order valence-electron chi connectivity index (χ3n) is 3.61. The van der Waals surface area contributed by atoms with E-state index in [1.807, 2.05) is 12.1 Å². The summed E-state index contributed by atoms with van der Waals surface area (Å²) in [5, 5.41) is 2.69. The van der Waals surface area contributed by atoms with Gasteiger partial charge in [-0.15, -0.1) is 0 Å². The van der Waals surface area contributed by atoms with E-state index in [-0.39, 0.29) is 5.60 Å². The molecule has 0 radical (unpaired) electrons. The van der Waals surface area contributed by atoms with E-state index in [0.29, 0.717) is 0 Å². The number of para-hydroxylation sites is 1. The van der Waals surface area contributed by atoms with Gasteiger partial charge < -0.3 is 9.30 Å². The van der Waals surface area contributed by atoms with Gasteiger partial charge in [0.2, 0.25) is 0 Å². The van der Waals surface area contributed by atoms with Gasteiger partial charge in [0.15, 0.2) is 8.96 Å². The Morgan fingerprint density at radius 2 is 1.74 bits per heavy atom. The Morgan fingerprint density at radius 3 is 2.35 bits per heavy atom. The minimum atomic E-state index is -1.53. The molecule has 0 saturated carbocycles. The minimum Gasteiger partial charge on any atom is -0.488 e. The van der Waals surface area contributed by atoms with Crippen molar-refractivity contribution in [2.45, 2.75) is 26.4 Å². The summed E-state index contributed by atoms with van der Waals surface area (Å²) >= 11 is 0. The van der Waals surface area contributed by atoms with E-state index in [4.69, 9.17) is 4.74 Å². The van der Waals surface area contributed by atoms with Crippen LogP contribution in [-0.2, 0) is 0 Å². The van der Waals surface area contributed by atoms with Gasteiger partial charge in [-0.1, -0.05) is 55.1 Å². The lowest BCUT2D eigenvalue weighted by Crippen LogP contribution is -2.54. The van der Waals surface area contributed by atoms with Crippen LogP contribution < -0.4 is 15.1 Å². The number of hydrogen-bond acceptors (Lipinski definition) is 2. The van der Waals surface area contributed by atoms with Crippen molar-refractivity contribution in [3.8, 4) is 5.75 Å². The molecule has 2 aromatic rings. The van der Waals surface area contributed by atoms with E-state index in [1.54, 1.807) is 0 Å². The maximum atomic E-state index is 6.23. The quantitative estimate of drug-likeness (QED) is 0.784. The van der Waals surface area contributed by atoms with Crippen LogP contribution >= 0.6 is 0 Å². The van der Waals surface area contributed by atoms with Crippen LogP contribution in [-0.4, -0.2) is 33.2 Å². The smallest absolute Gasteiger partial charge is 0.179 e. The molecule has 0 N–H and O–H groups in total. The molecule has 2 rings (SSSR count). The predicted octanol–water partition coefficient (Wildman–Crippen LogP) is 2.91. The Labute approximate surface area is 142 Å². The highest BCUT2D eigenvalue weighted by Crippen LogP contribution is 2.17. The average Bonchev–Trinajstić information content (AvgIpc) is 2.48. The highest BCUT2D eigenvalue weighted by molar-refractivity contribution is 6.83. The number of benzene rings is 2. The molecule has 0 aliphatic heterocycles. The molecule has 0 fully saturated rings. The first-order valence-corrected chi connectivity index (χ1v) is 9.65. The standard InChI is InChI=1S/C20H27NOSi/c1-7-16-11-10-12-17(15-16)23(21(5)6)19-14-9-8-13-18(19)22-20(2,3)4/h7-15,23H,1H2,2-6H3. The first-order valence-electron chi connectivity index (χ1n) is 7.98. The Kier molecular flexibility index (Phi) is 5.45. The van der Waals surface area contributed by atoms with Gasteiger partial charge in [0, 0.05) is 0 Å². The molecule has 0 amide bonds. The minimum absolute atomic E-state index is 0.204. The SMILES string of the molecule is C=Cc1cccc([SiH](c2ccccc2OC(C)(C)C)N(C)C)c1. The van der Waals surface area contributed by atoms with Crippen molar-refractivity contribution in [2.24, 2.45) is 0 Å². The summed E-state index contributed by atoms with van der Waals surface area (Å²) < 4.78 is 8.58. The van der Waals surface area contributed by atoms with Gasteiger partial charge in [-0.2, -0.15) is 0 Å². The molecule has 0 heterocycles. The van der Waals surface area contributed by atoms with Gasteiger partial charge in [0.25, 0.3) is 0 Å². The Morgan fingerprint density at radius 1 is 1.04 bits per heavy atom. The van der Waals surface area contributed by atoms with E-state index in [2.05, 4.69) is 88.5 Å². The zero-order valence-corrected chi connectivity index (χ0v) is 16.0. The van der Waals surface area contributed by atoms with Crippen LogP contribution in [0.4, 0.5) is 0 Å². The molecule has 3 heteroatoms. The van der Waals surface area contributed by atoms with Gasteiger partial charge in [0.05, 0.1) is 0 Å². The first kappa shape index (κ1) is 17.5. The van der Waals surface area contributed by atoms with Crippen molar-refractivity contribution >= 4 is 25.4 Å². The second-order valence-electron chi connectivity index (χ2n) is 6.99. The molecular formula is C20H27NOSi. The summed E-state index contributed by atoms with van der Waals surface area (Å²) in [7, 11) is 2.78. The normalized spacial score (nSPS) is 13.0. The fourth-order valence-electron chi connectivity index (χ4n) is 2.74. The summed E-state index contributed by atoms with van der Waals surface area (Å²) in [6.45, 7) is 10.2. The van der Waals surface area contributed by atoms with Crippen LogP contribution in [0.1, 0.15) is 26.3 Å². The molecule has 23 heavy (non-hydrogen) atoms. The van der Waals surface area contributed by atoms with Gasteiger partial charge in [-0.05, 0) is 56.9 Å². The molecule has 2 nitrogen and oxygen atoms in total. The maximum absolute atomic E-state index is 6.23. The molecule has 1 unspecified atom stereocenters. The fraction of sp³-hybridized carbons (Fsp3) is 0.300. The molecule has 0 aromatic heterocycles. The van der Waals surface area contributed by atoms with Crippen molar-refractivity contribution < 1.29 is 4.74 Å². The summed E-state index contributed by atoms with van der Waals surface area (Å²) in [5.41, 5.74) is 0.959. The second kappa shape index (κ2) is 7.15. The monoisotopic (exact) mass is 325 g/mol. The highest BCUT2D eigenvalue weighted by atomic mass is 28.3. The summed E-state index contributed by atoms with van der Waals surface area (Å²) in [4.78, 5) is 0. The molecular weight excluding hydrogens is 298 g/mol. The number of nitrogens with zero attached hydrogens (tertiary/aromatic N) is 1. The maximum Gasteiger partial charge on any atom is 0.179 e. The van der Waals surface area contributed by atoms with Crippen molar-refractivity contribution in [1.82, 2.24) is 4.57 Å². The van der Waals surface area contributed by atoms with Crippen molar-refractivity contribution in [2.75, 3.05) is 14.1 Å². The van der Waals surface area contributed by atoms with Crippen LogP contribution in [0.2, 0.25) is 0 Å². The summed E-state index contributed by atoms with van der Waals surface area (Å²) in [5.74, 6) is 0.995. The van der Waals surface area contributed by atoms with Gasteiger partial charge in [-0.3, -0.25) is 0 Å². The van der Waals surface area contributed by atoms with E-state index in [0.717, 1.165) is 11.3 Å². The molecule has 0 aliphatic carbocycles. The molecule has 0 bridgehead atoms. The molecule has 0 aliphatic rings. The van der Waals surface area contributed by atoms with Gasteiger partial charge in [-0.25, -0.2) is 0 Å². The Hall–Kier alpha value is -1.84. The first-order chi connectivity index (χ1) is 10.8. The predicted molar refractivity (Wildman–Crippen MR) is 103 cm³/mol. The molecule has 1 atom stereocenters. The summed E-state index contributed by atoms with van der Waals surface area (Å²) in [6, 6.07) is 17.1. The van der Waals surface area contributed by atoms with Crippen LogP contribution in [0.3, 0.4) is 0 Å². The van der Waals surface area contributed by atoms with Crippen LogP contribution in [0, 0.1) is 0 Å². The van der Waals surface area contributed by atoms with Gasteiger partial charge >= 0.3 is 0 Å². The topological polar surface area (TPSA) is 12.5 Å². The van der Waals surface area contributed by atoms with Crippen molar-refractivity contribution in [3.63, 3.8) is 0 Å². The summed E-state index contributed by atoms with van der Waals surface area (Å²) in [6.07, 6.45) is 1.90. The Bertz CT molecular complexity index is 673. The van der Waals surface area contributed by atoms with E-state index >= 15 is 0 Å². The number of ether oxygens (including phenoxy) is 1. The van der Waals surface area contributed by atoms with Crippen LogP contribution in [0.25, 0.3) is 6.08 Å². The van der Waals surface area contributed by atoms with E-state index in [1.165, 1.54) is 10.4 Å². The third-order valence-corrected chi connectivity index (χ3v) is 6.70. The Balaban J connectivity index is 2.52. The number of hydrogen-bond donors (Lipinski definition) is 0. The average molecular weight is 326 g/mol. The zero-order valence-electron chi connectivity index (χ0n) is 14.8. The molecule has 122 valence electrons. The lowest BCUT2D eigenvalue weighted by atomic mass is 10.2. The lowest BCUT2D eigenvalue weighted by molar-refractivity contribution is 0.132. The molecule has 0 spiro atoms. The van der Waals surface area contributed by atoms with Crippen molar-refractivity contribution in [1.29, 1.82) is 0 Å². The second-order valence-corrected chi connectivity index (χ2v) is 10.1. The zero-order chi connectivity index (χ0) is 17.0. The van der Waals surface area contributed by atoms with Crippen LogP contribution in [0.15, 0.2) is 55.1 Å². The highest BCUT2D eigenvalue weighted by Gasteiger charge is 2.24. The largest absolute Gasteiger partial charge is 0.488 e. The fourth-order valence-corrected chi connectivity index (χ4v) is 5.61. The van der Waals surface area contributed by atoms with E-state index < -0.39 is 8.96 Å². The number of rotatable bonds is 5. The van der Waals surface area contributed by atoms with E-state index in [9.17, 15) is 0 Å². The van der Waals surface area contributed by atoms with Gasteiger partial charge in [0.1, 0.15) is 11.4 Å². The van der Waals surface area contributed by atoms with Crippen LogP contribution in [0.5, 0.6) is 5.75 Å². The molecule has 0 saturated heterocycles.